The third-order valence-corrected chi connectivity index (χ3v) is 2.63. The third kappa shape index (κ3) is 3.13. The molecule has 0 atom stereocenters. The molecule has 0 spiro atoms. The van der Waals surface area contributed by atoms with Crippen molar-refractivity contribution in [1.29, 1.82) is 0 Å². The lowest BCUT2D eigenvalue weighted by atomic mass is 10.2. The van der Waals surface area contributed by atoms with Gasteiger partial charge in [0.25, 0.3) is 0 Å². The number of nitrogens with zero attached hydrogens (tertiary/aromatic N) is 3. The summed E-state index contributed by atoms with van der Waals surface area (Å²) in [5, 5.41) is 18.5. The predicted molar refractivity (Wildman–Crippen MR) is 77.9 cm³/mol. The molecule has 20 heavy (non-hydrogen) atoms. The van der Waals surface area contributed by atoms with Gasteiger partial charge in [0.1, 0.15) is 22.5 Å². The van der Waals surface area contributed by atoms with Crippen molar-refractivity contribution in [3.63, 3.8) is 0 Å². The number of phenolic OH excluding ortho intramolecular Hbond substituents is 1. The van der Waals surface area contributed by atoms with E-state index in [4.69, 9.17) is 0 Å². The van der Waals surface area contributed by atoms with Gasteiger partial charge < -0.3 is 9.22 Å². The van der Waals surface area contributed by atoms with Gasteiger partial charge in [-0.05, 0) is 36.8 Å². The Bertz CT molecular complexity index is 683. The highest BCUT2D eigenvalue weighted by Gasteiger charge is 2.08. The summed E-state index contributed by atoms with van der Waals surface area (Å²) in [6.45, 7) is 1.96. The Morgan fingerprint density at radius 1 is 1.05 bits per heavy atom. The van der Waals surface area contributed by atoms with E-state index in [2.05, 4.69) is 35.3 Å². The van der Waals surface area contributed by atoms with E-state index in [1.54, 1.807) is 6.07 Å². The smallest absolute Gasteiger partial charge is 0.229 e. The van der Waals surface area contributed by atoms with Crippen molar-refractivity contribution in [2.75, 3.05) is 0 Å². The molecule has 0 aliphatic rings. The van der Waals surface area contributed by atoms with Crippen LogP contribution in [0.5, 0.6) is 5.75 Å². The number of hydrogen-bond acceptors (Lipinski definition) is 4. The predicted octanol–water partition coefficient (Wildman–Crippen LogP) is 1.60. The highest BCUT2D eigenvalue weighted by molar-refractivity contribution is 6.15. The zero-order valence-electron chi connectivity index (χ0n) is 10.7. The van der Waals surface area contributed by atoms with Crippen LogP contribution >= 0.6 is 0 Å². The summed E-state index contributed by atoms with van der Waals surface area (Å²) in [6, 6.07) is 13.0. The summed E-state index contributed by atoms with van der Waals surface area (Å²) in [5.74, 6) is 0.177. The Morgan fingerprint density at radius 2 is 1.60 bits per heavy atom. The average molecular weight is 297 g/mol. The Morgan fingerprint density at radius 3 is 2.15 bits per heavy atom. The van der Waals surface area contributed by atoms with Gasteiger partial charge in [-0.15, -0.1) is 15.0 Å². The zero-order chi connectivity index (χ0) is 14.5. The first-order valence-electron chi connectivity index (χ1n) is 5.77. The van der Waals surface area contributed by atoms with E-state index in [0.717, 1.165) is 16.6 Å². The largest absolute Gasteiger partial charge is 0.506 e. The molecule has 5 nitrogen and oxygen atoms in total. The molecule has 1 heterocycles. The summed E-state index contributed by atoms with van der Waals surface area (Å²) in [5.41, 5.74) is 3.28. The van der Waals surface area contributed by atoms with E-state index in [1.165, 1.54) is 4.80 Å². The van der Waals surface area contributed by atoms with Gasteiger partial charge >= 0.3 is 0 Å². The molecule has 0 fully saturated rings. The molecule has 0 aliphatic heterocycles. The fourth-order valence-electron chi connectivity index (χ4n) is 1.76. The van der Waals surface area contributed by atoms with Crippen LogP contribution in [0.15, 0.2) is 42.5 Å². The first kappa shape index (κ1) is 14.4. The monoisotopic (exact) mass is 297 g/mol. The highest BCUT2D eigenvalue weighted by Crippen LogP contribution is 2.22. The van der Waals surface area contributed by atoms with Gasteiger partial charge in [-0.2, -0.15) is 0 Å². The number of aryl methyl sites for hydroxylation is 1. The first-order chi connectivity index (χ1) is 9.65. The van der Waals surface area contributed by atoms with Crippen LogP contribution in [0.25, 0.3) is 16.7 Å². The van der Waals surface area contributed by atoms with E-state index in [1.807, 2.05) is 43.3 Å². The van der Waals surface area contributed by atoms with E-state index in [-0.39, 0.29) is 5.75 Å². The molecule has 3 rings (SSSR count). The molecule has 6 radical (unpaired) electrons. The summed E-state index contributed by atoms with van der Waals surface area (Å²) in [7, 11) is 5.19. The van der Waals surface area contributed by atoms with E-state index in [0.29, 0.717) is 5.69 Å². The maximum Gasteiger partial charge on any atom is 0.229 e. The molecular formula is C13H11N3O2Si2. The summed E-state index contributed by atoms with van der Waals surface area (Å²) in [4.78, 5) is 1.47. The number of aromatic nitrogens is 3. The van der Waals surface area contributed by atoms with Crippen molar-refractivity contribution >= 4 is 32.0 Å². The lowest BCUT2D eigenvalue weighted by Crippen LogP contribution is -1.99. The molecule has 1 N–H and O–H groups in total. The fourth-order valence-corrected chi connectivity index (χ4v) is 1.76. The van der Waals surface area contributed by atoms with Gasteiger partial charge in [0, 0.05) is 0 Å². The third-order valence-electron chi connectivity index (χ3n) is 2.63. The van der Waals surface area contributed by atoms with Crippen LogP contribution < -0.4 is 0 Å². The Hall–Kier alpha value is -1.97. The number of fused-ring (bicyclic) bond motifs is 1. The van der Waals surface area contributed by atoms with Gasteiger partial charge in [0.15, 0.2) is 0 Å². The van der Waals surface area contributed by atoms with Crippen LogP contribution in [0.2, 0.25) is 0 Å². The normalized spacial score (nSPS) is 10.2. The van der Waals surface area contributed by atoms with Crippen molar-refractivity contribution in [3.05, 3.63) is 48.0 Å². The molecule has 0 saturated heterocycles. The number of phenols is 1. The highest BCUT2D eigenvalue weighted by atomic mass is 28.3. The lowest BCUT2D eigenvalue weighted by Gasteiger charge is -2.03. The molecule has 1 aromatic heterocycles. The molecule has 0 aliphatic carbocycles. The minimum Gasteiger partial charge on any atom is -0.506 e. The number of rotatable bonds is 1. The molecule has 7 heteroatoms. The molecule has 0 bridgehead atoms. The lowest BCUT2D eigenvalue weighted by molar-refractivity contribution is 0.467. The van der Waals surface area contributed by atoms with Crippen molar-refractivity contribution in [3.8, 4) is 11.4 Å². The van der Waals surface area contributed by atoms with Crippen molar-refractivity contribution in [1.82, 2.24) is 15.0 Å². The fraction of sp³-hybridized carbons (Fsp3) is 0.0769. The Kier molecular flexibility index (Phi) is 4.67. The Labute approximate surface area is 123 Å². The maximum atomic E-state index is 9.81. The second-order valence-corrected chi connectivity index (χ2v) is 4.89. The number of hydrogen-bond donors (Lipinski definition) is 1. The second-order valence-electron chi connectivity index (χ2n) is 4.07. The van der Waals surface area contributed by atoms with Crippen LogP contribution in [-0.4, -0.2) is 41.1 Å². The topological polar surface area (TPSA) is 60.2 Å². The second kappa shape index (κ2) is 6.46. The molecular weight excluding hydrogens is 286 g/mol. The summed E-state index contributed by atoms with van der Waals surface area (Å²) < 4.78 is 3.86. The minimum absolute atomic E-state index is 0.177. The van der Waals surface area contributed by atoms with E-state index >= 15 is 0 Å². The molecule has 0 unspecified atom stereocenters. The quantitative estimate of drug-likeness (QED) is 0.693. The zero-order valence-corrected chi connectivity index (χ0v) is 12.7. The van der Waals surface area contributed by atoms with Gasteiger partial charge in [-0.1, -0.05) is 18.2 Å². The van der Waals surface area contributed by atoms with Crippen molar-refractivity contribution in [2.24, 2.45) is 0 Å². The average Bonchev–Trinajstić information content (AvgIpc) is 2.86. The SMILES string of the molecule is Cc1ccc(O)c(-n2nc3ccccc3n2)c1.[Si]O[Si]. The summed E-state index contributed by atoms with van der Waals surface area (Å²) in [6.07, 6.45) is 0. The molecule has 2 aromatic carbocycles. The number of benzene rings is 2. The first-order valence-corrected chi connectivity index (χ1v) is 6.58. The molecule has 0 saturated carbocycles. The Balaban J connectivity index is 0.000000452. The number of aromatic hydroxyl groups is 1. The molecule has 0 amide bonds. The van der Waals surface area contributed by atoms with E-state index in [9.17, 15) is 5.11 Å². The van der Waals surface area contributed by atoms with E-state index < -0.39 is 0 Å². The molecule has 98 valence electrons. The van der Waals surface area contributed by atoms with Crippen molar-refractivity contribution in [2.45, 2.75) is 6.92 Å². The van der Waals surface area contributed by atoms with Gasteiger partial charge in [-0.25, -0.2) is 0 Å². The minimum atomic E-state index is 0.177. The van der Waals surface area contributed by atoms with Gasteiger partial charge in [0.05, 0.1) is 0 Å². The van der Waals surface area contributed by atoms with Crippen molar-refractivity contribution < 1.29 is 9.22 Å². The van der Waals surface area contributed by atoms with Gasteiger partial charge in [0.2, 0.25) is 21.0 Å². The van der Waals surface area contributed by atoms with Crippen LogP contribution in [0, 0.1) is 6.92 Å². The van der Waals surface area contributed by atoms with Crippen LogP contribution in [0.1, 0.15) is 5.56 Å². The maximum absolute atomic E-state index is 9.81. The van der Waals surface area contributed by atoms with Crippen LogP contribution in [0.4, 0.5) is 0 Å². The van der Waals surface area contributed by atoms with Crippen LogP contribution in [0.3, 0.4) is 0 Å². The standard InChI is InChI=1S/C13H11N3O.OSi2/c1-9-6-7-13(17)12(8-9)16-14-10-4-2-3-5-11(10)15-16;2-1-3/h2-8,17H,1H3;. The van der Waals surface area contributed by atoms with Crippen LogP contribution in [-0.2, 0) is 4.12 Å². The summed E-state index contributed by atoms with van der Waals surface area (Å²) >= 11 is 0. The van der Waals surface area contributed by atoms with Gasteiger partial charge in [-0.3, -0.25) is 0 Å². The molecule has 3 aromatic rings.